The van der Waals surface area contributed by atoms with E-state index >= 15 is 0 Å². The monoisotopic (exact) mass is 801 g/mol. The maximum absolute atomic E-state index is 2.53. The van der Waals surface area contributed by atoms with Gasteiger partial charge in [-0.05, 0) is 131 Å². The van der Waals surface area contributed by atoms with Gasteiger partial charge in [-0.25, -0.2) is 0 Å². The highest BCUT2D eigenvalue weighted by Crippen LogP contribution is 2.64. The number of nitrogens with zero attached hydrogens (tertiary/aromatic N) is 1. The van der Waals surface area contributed by atoms with E-state index in [9.17, 15) is 0 Å². The molecule has 0 saturated heterocycles. The van der Waals surface area contributed by atoms with Crippen molar-refractivity contribution in [2.45, 2.75) is 24.7 Å². The minimum absolute atomic E-state index is 0.185. The fraction of sp³-hybridized carbons (Fsp3) is 0.0645. The van der Waals surface area contributed by atoms with Crippen LogP contribution in [0.4, 0.5) is 17.1 Å². The van der Waals surface area contributed by atoms with Gasteiger partial charge < -0.3 is 4.90 Å². The van der Waals surface area contributed by atoms with Crippen LogP contribution in [0.5, 0.6) is 0 Å². The Balaban J connectivity index is 1.09. The predicted molar refractivity (Wildman–Crippen MR) is 263 cm³/mol. The van der Waals surface area contributed by atoms with Gasteiger partial charge >= 0.3 is 0 Å². The van der Waals surface area contributed by atoms with Crippen LogP contribution < -0.4 is 4.90 Å². The van der Waals surface area contributed by atoms with Gasteiger partial charge in [0.2, 0.25) is 0 Å². The van der Waals surface area contributed by atoms with Gasteiger partial charge in [0, 0.05) is 22.2 Å². The van der Waals surface area contributed by atoms with Crippen molar-refractivity contribution in [1.29, 1.82) is 0 Å². The van der Waals surface area contributed by atoms with E-state index in [1.54, 1.807) is 0 Å². The van der Waals surface area contributed by atoms with E-state index in [2.05, 4.69) is 243 Å². The first-order valence-electron chi connectivity index (χ1n) is 22.2. The molecule has 0 amide bonds. The summed E-state index contributed by atoms with van der Waals surface area (Å²) in [4.78, 5) is 2.53. The Hall–Kier alpha value is -7.74. The molecule has 0 atom stereocenters. The molecule has 1 spiro atoms. The largest absolute Gasteiger partial charge is 0.310 e. The summed E-state index contributed by atoms with van der Waals surface area (Å²) in [6.07, 6.45) is 0. The van der Waals surface area contributed by atoms with E-state index in [0.717, 1.165) is 11.4 Å². The van der Waals surface area contributed by atoms with Crippen molar-refractivity contribution in [2.24, 2.45) is 0 Å². The highest BCUT2D eigenvalue weighted by atomic mass is 15.1. The SMILES string of the molecule is CC1(C)c2ccc(-c3ccccc3)cc2-c2cc(N(c3ccc(-c4ccccc4)cc3)c3ccc4c(c3)C3(c5ccccc5-c5ccccc53)c3ccccc3-4)c3ccccc3c21. The number of hydrogen-bond acceptors (Lipinski definition) is 1. The molecular weight excluding hydrogens is 759 g/mol. The maximum atomic E-state index is 2.53. The first kappa shape index (κ1) is 36.0. The second kappa shape index (κ2) is 13.4. The standard InChI is InChI=1S/C62H43N/c1-61(2)54-36-31-43(41-19-7-4-8-20-41)37-52(54)53-39-59(50-24-9-10-25-51(50)60(53)61)63(44-32-29-42(30-33-44)40-17-5-3-6-18-40)45-34-35-49-48-23-13-16-28-57(48)62(58(49)38-45)55-26-14-11-21-46(55)47-22-12-15-27-56(47)62/h3-39H,1-2H3. The zero-order valence-corrected chi connectivity index (χ0v) is 35.3. The Labute approximate surface area is 369 Å². The number of anilines is 3. The summed E-state index contributed by atoms with van der Waals surface area (Å²) >= 11 is 0. The molecule has 0 unspecified atom stereocenters. The highest BCUT2D eigenvalue weighted by molar-refractivity contribution is 6.08. The second-order valence-corrected chi connectivity index (χ2v) is 18.0. The molecule has 10 aromatic carbocycles. The van der Waals surface area contributed by atoms with Crippen LogP contribution in [0.15, 0.2) is 224 Å². The molecule has 0 radical (unpaired) electrons. The molecule has 0 fully saturated rings. The van der Waals surface area contributed by atoms with Crippen LogP contribution in [0.25, 0.3) is 66.4 Å². The molecule has 296 valence electrons. The molecule has 10 aromatic rings. The van der Waals surface area contributed by atoms with Crippen molar-refractivity contribution in [1.82, 2.24) is 0 Å². The van der Waals surface area contributed by atoms with Gasteiger partial charge in [-0.1, -0.05) is 202 Å². The van der Waals surface area contributed by atoms with Gasteiger partial charge in [-0.2, -0.15) is 0 Å². The van der Waals surface area contributed by atoms with Crippen LogP contribution in [0.1, 0.15) is 47.2 Å². The van der Waals surface area contributed by atoms with E-state index in [1.165, 1.54) is 105 Å². The smallest absolute Gasteiger partial charge is 0.0726 e. The van der Waals surface area contributed by atoms with Gasteiger partial charge in [0.25, 0.3) is 0 Å². The summed E-state index contributed by atoms with van der Waals surface area (Å²) in [5.41, 5.74) is 23.7. The number of fused-ring (bicyclic) bond motifs is 15. The van der Waals surface area contributed by atoms with Gasteiger partial charge in [-0.15, -0.1) is 0 Å². The molecule has 63 heavy (non-hydrogen) atoms. The Bertz CT molecular complexity index is 3400. The lowest BCUT2D eigenvalue weighted by Gasteiger charge is -2.33. The minimum atomic E-state index is -0.450. The van der Waals surface area contributed by atoms with Crippen LogP contribution in [0.2, 0.25) is 0 Å². The van der Waals surface area contributed by atoms with Crippen LogP contribution >= 0.6 is 0 Å². The molecule has 0 bridgehead atoms. The van der Waals surface area contributed by atoms with Crippen LogP contribution in [0, 0.1) is 0 Å². The minimum Gasteiger partial charge on any atom is -0.310 e. The Morgan fingerprint density at radius 2 is 0.778 bits per heavy atom. The van der Waals surface area contributed by atoms with Gasteiger partial charge in [-0.3, -0.25) is 0 Å². The molecule has 1 nitrogen and oxygen atoms in total. The fourth-order valence-electron chi connectivity index (χ4n) is 11.8. The summed E-state index contributed by atoms with van der Waals surface area (Å²) in [6, 6.07) is 84.0. The zero-order chi connectivity index (χ0) is 41.9. The molecule has 0 heterocycles. The lowest BCUT2D eigenvalue weighted by molar-refractivity contribution is 0.666. The summed E-state index contributed by atoms with van der Waals surface area (Å²) in [7, 11) is 0. The third-order valence-electron chi connectivity index (χ3n) is 14.5. The molecule has 3 aliphatic carbocycles. The van der Waals surface area contributed by atoms with Gasteiger partial charge in [0.15, 0.2) is 0 Å². The Morgan fingerprint density at radius 3 is 1.40 bits per heavy atom. The van der Waals surface area contributed by atoms with E-state index in [4.69, 9.17) is 0 Å². The van der Waals surface area contributed by atoms with Crippen molar-refractivity contribution in [2.75, 3.05) is 4.90 Å². The van der Waals surface area contributed by atoms with Crippen molar-refractivity contribution in [3.8, 4) is 55.6 Å². The average Bonchev–Trinajstić information content (AvgIpc) is 3.90. The van der Waals surface area contributed by atoms with Gasteiger partial charge in [0.05, 0.1) is 11.1 Å². The summed E-state index contributed by atoms with van der Waals surface area (Å²) in [5, 5.41) is 2.53. The zero-order valence-electron chi connectivity index (χ0n) is 35.3. The Kier molecular flexibility index (Phi) is 7.64. The van der Waals surface area contributed by atoms with Crippen molar-refractivity contribution in [3.63, 3.8) is 0 Å². The maximum Gasteiger partial charge on any atom is 0.0726 e. The molecule has 0 aromatic heterocycles. The molecular formula is C62H43N. The molecule has 1 heteroatoms. The molecule has 0 aliphatic heterocycles. The normalized spacial score (nSPS) is 14.1. The number of hydrogen-bond donors (Lipinski definition) is 0. The third-order valence-corrected chi connectivity index (χ3v) is 14.5. The van der Waals surface area contributed by atoms with Crippen LogP contribution in [-0.2, 0) is 10.8 Å². The van der Waals surface area contributed by atoms with Crippen LogP contribution in [-0.4, -0.2) is 0 Å². The topological polar surface area (TPSA) is 3.24 Å². The van der Waals surface area contributed by atoms with Crippen molar-refractivity contribution in [3.05, 3.63) is 258 Å². The Morgan fingerprint density at radius 1 is 0.302 bits per heavy atom. The highest BCUT2D eigenvalue weighted by Gasteiger charge is 2.51. The van der Waals surface area contributed by atoms with Crippen LogP contribution in [0.3, 0.4) is 0 Å². The van der Waals surface area contributed by atoms with E-state index < -0.39 is 5.41 Å². The molecule has 0 saturated carbocycles. The van der Waals surface area contributed by atoms with E-state index in [-0.39, 0.29) is 5.41 Å². The molecule has 3 aliphatic rings. The fourth-order valence-corrected chi connectivity index (χ4v) is 11.8. The quantitative estimate of drug-likeness (QED) is 0.168. The summed E-state index contributed by atoms with van der Waals surface area (Å²) in [5.74, 6) is 0. The van der Waals surface area contributed by atoms with Gasteiger partial charge in [0.1, 0.15) is 0 Å². The summed E-state index contributed by atoms with van der Waals surface area (Å²) < 4.78 is 0. The van der Waals surface area contributed by atoms with E-state index in [1.807, 2.05) is 0 Å². The average molecular weight is 802 g/mol. The third kappa shape index (κ3) is 4.99. The number of benzene rings is 10. The molecule has 13 rings (SSSR count). The first-order valence-corrected chi connectivity index (χ1v) is 22.2. The lowest BCUT2D eigenvalue weighted by Crippen LogP contribution is -2.26. The van der Waals surface area contributed by atoms with Crippen molar-refractivity contribution < 1.29 is 0 Å². The second-order valence-electron chi connectivity index (χ2n) is 18.0. The van der Waals surface area contributed by atoms with Crippen molar-refractivity contribution >= 4 is 27.8 Å². The van der Waals surface area contributed by atoms with E-state index in [0.29, 0.717) is 0 Å². The predicted octanol–water partition coefficient (Wildman–Crippen LogP) is 16.3. The first-order chi connectivity index (χ1) is 31.0. The lowest BCUT2D eigenvalue weighted by atomic mass is 9.70. The number of rotatable bonds is 5. The summed E-state index contributed by atoms with van der Waals surface area (Å²) in [6.45, 7) is 4.81. The molecule has 0 N–H and O–H groups in total.